The monoisotopic (exact) mass is 688 g/mol. The van der Waals surface area contributed by atoms with Crippen molar-refractivity contribution < 1.29 is 23.7 Å². The smallest absolute Gasteiger partial charge is 0.343 e. The summed E-state index contributed by atoms with van der Waals surface area (Å²) in [5.74, 6) is 1.79. The summed E-state index contributed by atoms with van der Waals surface area (Å²) in [6.45, 7) is 11.4. The van der Waals surface area contributed by atoms with Gasteiger partial charge in [-0.05, 0) is 78.4 Å². The topological polar surface area (TPSA) is 88.4 Å². The molecule has 0 spiro atoms. The summed E-state index contributed by atoms with van der Waals surface area (Å²) in [4.78, 5) is 33.0. The second-order valence-corrected chi connectivity index (χ2v) is 13.8. The molecule has 0 fully saturated rings. The summed E-state index contributed by atoms with van der Waals surface area (Å²) in [6, 6.07) is 31.3. The number of hydrogen-bond donors (Lipinski definition) is 0. The second-order valence-electron chi connectivity index (χ2n) is 12.8. The molecular formula is C41H40N2O6S. The molecule has 1 aromatic heterocycles. The number of nitrogens with zero attached hydrogens (tertiary/aromatic N) is 2. The molecule has 1 aliphatic rings. The van der Waals surface area contributed by atoms with E-state index in [-0.39, 0.29) is 11.0 Å². The van der Waals surface area contributed by atoms with Gasteiger partial charge in [0.2, 0.25) is 0 Å². The summed E-state index contributed by atoms with van der Waals surface area (Å²) >= 11 is 1.27. The van der Waals surface area contributed by atoms with Gasteiger partial charge in [-0.3, -0.25) is 9.36 Å². The summed E-state index contributed by atoms with van der Waals surface area (Å²) in [5.41, 5.74) is 3.42. The van der Waals surface area contributed by atoms with E-state index in [1.165, 1.54) is 16.9 Å². The van der Waals surface area contributed by atoms with Gasteiger partial charge < -0.3 is 18.9 Å². The van der Waals surface area contributed by atoms with Gasteiger partial charge in [0.15, 0.2) is 16.3 Å². The first-order chi connectivity index (χ1) is 24.1. The number of carbonyl (C=O) groups is 1. The third-order valence-corrected chi connectivity index (χ3v) is 9.19. The third-order valence-electron chi connectivity index (χ3n) is 8.21. The lowest BCUT2D eigenvalue weighted by atomic mass is 9.87. The van der Waals surface area contributed by atoms with Gasteiger partial charge in [-0.15, -0.1) is 0 Å². The first-order valence-corrected chi connectivity index (χ1v) is 17.4. The van der Waals surface area contributed by atoms with Crippen molar-refractivity contribution in [3.05, 3.63) is 151 Å². The maximum Gasteiger partial charge on any atom is 0.343 e. The van der Waals surface area contributed by atoms with Gasteiger partial charge in [0, 0.05) is 0 Å². The molecule has 0 aliphatic carbocycles. The highest BCUT2D eigenvalue weighted by Gasteiger charge is 2.33. The van der Waals surface area contributed by atoms with Crippen LogP contribution in [0.2, 0.25) is 0 Å². The van der Waals surface area contributed by atoms with Crippen molar-refractivity contribution in [1.29, 1.82) is 0 Å². The Morgan fingerprint density at radius 2 is 1.52 bits per heavy atom. The van der Waals surface area contributed by atoms with Crippen LogP contribution in [-0.2, 0) is 10.2 Å². The van der Waals surface area contributed by atoms with E-state index in [0.29, 0.717) is 57.7 Å². The van der Waals surface area contributed by atoms with Crippen LogP contribution in [0.4, 0.5) is 0 Å². The van der Waals surface area contributed by atoms with Gasteiger partial charge in [-0.25, -0.2) is 9.79 Å². The standard InChI is InChI=1S/C41H40N2O6S/c1-6-46-34-25-28(17-22-33(34)48-24-23-47-31-20-18-30(19-21-31)41(3,4)5)26-35-38(44)43-37(29-13-9-7-10-14-29)36(27(2)42-40(43)50-35)39(45)49-32-15-11-8-12-16-32/h7-22,25-26,37H,6,23-24H2,1-5H3/b35-26+. The highest BCUT2D eigenvalue weighted by Crippen LogP contribution is 2.32. The molecule has 50 heavy (non-hydrogen) atoms. The fourth-order valence-corrected chi connectivity index (χ4v) is 6.75. The second kappa shape index (κ2) is 15.0. The molecule has 6 rings (SSSR count). The van der Waals surface area contributed by atoms with E-state index in [1.807, 2.05) is 79.7 Å². The SMILES string of the molecule is CCOc1cc(/C=c2/sc3n(c2=O)C(c2ccccc2)C(C(=O)Oc2ccccc2)=C(C)N=3)ccc1OCCOc1ccc(C(C)(C)C)cc1. The average molecular weight is 689 g/mol. The van der Waals surface area contributed by atoms with Crippen LogP contribution in [0.3, 0.4) is 0 Å². The van der Waals surface area contributed by atoms with Crippen LogP contribution in [0.25, 0.3) is 6.08 Å². The summed E-state index contributed by atoms with van der Waals surface area (Å²) in [7, 11) is 0. The number of rotatable bonds is 11. The molecular weight excluding hydrogens is 649 g/mol. The molecule has 0 saturated carbocycles. The number of hydrogen-bond acceptors (Lipinski definition) is 8. The van der Waals surface area contributed by atoms with E-state index in [2.05, 4.69) is 32.9 Å². The largest absolute Gasteiger partial charge is 0.490 e. The Bertz CT molecular complexity index is 2180. The maximum absolute atomic E-state index is 14.1. The Balaban J connectivity index is 1.25. The third kappa shape index (κ3) is 7.74. The number of fused-ring (bicyclic) bond motifs is 1. The molecule has 1 aliphatic heterocycles. The van der Waals surface area contributed by atoms with Crippen molar-refractivity contribution in [3.63, 3.8) is 0 Å². The van der Waals surface area contributed by atoms with Crippen molar-refractivity contribution in [2.75, 3.05) is 19.8 Å². The highest BCUT2D eigenvalue weighted by molar-refractivity contribution is 7.07. The van der Waals surface area contributed by atoms with Crippen molar-refractivity contribution in [3.8, 4) is 23.0 Å². The van der Waals surface area contributed by atoms with Crippen LogP contribution in [0.1, 0.15) is 57.4 Å². The number of benzene rings is 4. The molecule has 0 N–H and O–H groups in total. The highest BCUT2D eigenvalue weighted by atomic mass is 32.1. The summed E-state index contributed by atoms with van der Waals surface area (Å²) in [6.07, 6.45) is 1.81. The van der Waals surface area contributed by atoms with Crippen molar-refractivity contribution in [2.24, 2.45) is 4.99 Å². The Hall–Kier alpha value is -5.41. The van der Waals surface area contributed by atoms with E-state index >= 15 is 0 Å². The molecule has 9 heteroatoms. The lowest BCUT2D eigenvalue weighted by Gasteiger charge is -2.24. The zero-order valence-electron chi connectivity index (χ0n) is 28.8. The molecule has 256 valence electrons. The van der Waals surface area contributed by atoms with Crippen LogP contribution in [0, 0.1) is 0 Å². The molecule has 0 amide bonds. The molecule has 2 heterocycles. The summed E-state index contributed by atoms with van der Waals surface area (Å²) in [5, 5.41) is 0. The van der Waals surface area contributed by atoms with E-state index in [4.69, 9.17) is 23.9 Å². The minimum atomic E-state index is -0.709. The first kappa shape index (κ1) is 34.5. The number of thiazole rings is 1. The number of carbonyl (C=O) groups excluding carboxylic acids is 1. The van der Waals surface area contributed by atoms with Gasteiger partial charge in [0.25, 0.3) is 5.56 Å². The predicted molar refractivity (Wildman–Crippen MR) is 196 cm³/mol. The van der Waals surface area contributed by atoms with E-state index in [1.54, 1.807) is 35.8 Å². The Kier molecular flexibility index (Phi) is 10.3. The summed E-state index contributed by atoms with van der Waals surface area (Å²) < 4.78 is 25.7. The van der Waals surface area contributed by atoms with Crippen LogP contribution in [0.5, 0.6) is 23.0 Å². The van der Waals surface area contributed by atoms with Gasteiger partial charge in [-0.1, -0.05) is 98.8 Å². The van der Waals surface area contributed by atoms with Crippen LogP contribution >= 0.6 is 11.3 Å². The molecule has 5 aromatic rings. The molecule has 0 bridgehead atoms. The molecule has 1 unspecified atom stereocenters. The Labute approximate surface area is 295 Å². The zero-order valence-corrected chi connectivity index (χ0v) is 29.7. The van der Waals surface area contributed by atoms with Gasteiger partial charge in [0.1, 0.15) is 24.7 Å². The fraction of sp³-hybridized carbons (Fsp3) is 0.244. The lowest BCUT2D eigenvalue weighted by molar-refractivity contribution is -0.130. The van der Waals surface area contributed by atoms with Crippen LogP contribution in [-0.4, -0.2) is 30.4 Å². The zero-order chi connectivity index (χ0) is 35.3. The first-order valence-electron chi connectivity index (χ1n) is 16.6. The molecule has 0 radical (unpaired) electrons. The van der Waals surface area contributed by atoms with Crippen molar-refractivity contribution >= 4 is 23.4 Å². The average Bonchev–Trinajstić information content (AvgIpc) is 3.41. The van der Waals surface area contributed by atoms with Gasteiger partial charge in [0.05, 0.1) is 28.5 Å². The maximum atomic E-state index is 14.1. The van der Waals surface area contributed by atoms with E-state index < -0.39 is 12.0 Å². The Morgan fingerprint density at radius 3 is 2.20 bits per heavy atom. The van der Waals surface area contributed by atoms with Crippen molar-refractivity contribution in [1.82, 2.24) is 4.57 Å². The normalized spacial score (nSPS) is 14.5. The minimum absolute atomic E-state index is 0.0794. The lowest BCUT2D eigenvalue weighted by Crippen LogP contribution is -2.40. The Morgan fingerprint density at radius 1 is 0.840 bits per heavy atom. The predicted octanol–water partition coefficient (Wildman–Crippen LogP) is 6.99. The van der Waals surface area contributed by atoms with Gasteiger partial charge >= 0.3 is 5.97 Å². The van der Waals surface area contributed by atoms with Gasteiger partial charge in [-0.2, -0.15) is 0 Å². The number of aromatic nitrogens is 1. The molecule has 0 saturated heterocycles. The van der Waals surface area contributed by atoms with Crippen molar-refractivity contribution in [2.45, 2.75) is 46.1 Å². The minimum Gasteiger partial charge on any atom is -0.490 e. The number of allylic oxidation sites excluding steroid dienone is 1. The molecule has 4 aromatic carbocycles. The molecule has 8 nitrogen and oxygen atoms in total. The fourth-order valence-electron chi connectivity index (χ4n) is 5.70. The van der Waals surface area contributed by atoms with Crippen LogP contribution < -0.4 is 33.8 Å². The number of esters is 1. The quantitative estimate of drug-likeness (QED) is 0.0845. The van der Waals surface area contributed by atoms with E-state index in [9.17, 15) is 9.59 Å². The number of para-hydroxylation sites is 1. The number of ether oxygens (including phenoxy) is 4. The molecule has 1 atom stereocenters. The van der Waals surface area contributed by atoms with E-state index in [0.717, 1.165) is 16.9 Å². The van der Waals surface area contributed by atoms with Crippen LogP contribution in [0.15, 0.2) is 124 Å².